The molecular formula is C8H12O2. The molecule has 2 rings (SSSR count). The molecule has 2 unspecified atom stereocenters. The second kappa shape index (κ2) is 1.82. The Balaban J connectivity index is 2.22. The fraction of sp³-hybridized carbons (Fsp3) is 0.875. The van der Waals surface area contributed by atoms with Crippen LogP contribution in [0.2, 0.25) is 0 Å². The summed E-state index contributed by atoms with van der Waals surface area (Å²) in [5.41, 5.74) is -0.572. The molecule has 2 saturated carbocycles. The van der Waals surface area contributed by atoms with Gasteiger partial charge in [-0.3, -0.25) is 4.79 Å². The van der Waals surface area contributed by atoms with Crippen LogP contribution in [0.25, 0.3) is 0 Å². The first-order valence-corrected chi connectivity index (χ1v) is 3.95. The lowest BCUT2D eigenvalue weighted by Crippen LogP contribution is -2.27. The summed E-state index contributed by atoms with van der Waals surface area (Å²) in [6.45, 7) is 0. The Kier molecular flexibility index (Phi) is 1.15. The van der Waals surface area contributed by atoms with Crippen molar-refractivity contribution in [3.05, 3.63) is 0 Å². The van der Waals surface area contributed by atoms with E-state index in [1.807, 2.05) is 0 Å². The minimum absolute atomic E-state index is 0.257. The molecule has 0 aromatic carbocycles. The van der Waals surface area contributed by atoms with Crippen molar-refractivity contribution < 1.29 is 9.90 Å². The number of Topliss-reactive ketones (excluding diaryl/α,β-unsaturated/α-hetero) is 1. The smallest absolute Gasteiger partial charge is 0.136 e. The molecule has 0 saturated heterocycles. The molecule has 0 aromatic rings. The van der Waals surface area contributed by atoms with E-state index in [1.54, 1.807) is 0 Å². The van der Waals surface area contributed by atoms with Crippen LogP contribution in [0.15, 0.2) is 0 Å². The zero-order valence-corrected chi connectivity index (χ0v) is 5.97. The van der Waals surface area contributed by atoms with Crippen molar-refractivity contribution in [3.63, 3.8) is 0 Å². The van der Waals surface area contributed by atoms with Gasteiger partial charge in [0.1, 0.15) is 5.78 Å². The monoisotopic (exact) mass is 140 g/mol. The third kappa shape index (κ3) is 0.717. The summed E-state index contributed by atoms with van der Waals surface area (Å²) in [5.74, 6) is 0.562. The van der Waals surface area contributed by atoms with Gasteiger partial charge in [0.2, 0.25) is 0 Å². The molecule has 2 fully saturated rings. The number of hydrogen-bond acceptors (Lipinski definition) is 2. The van der Waals surface area contributed by atoms with Gasteiger partial charge in [-0.25, -0.2) is 0 Å². The Hall–Kier alpha value is -0.370. The first-order chi connectivity index (χ1) is 4.71. The van der Waals surface area contributed by atoms with Crippen LogP contribution in [0, 0.1) is 5.92 Å². The van der Waals surface area contributed by atoms with Gasteiger partial charge in [-0.05, 0) is 18.8 Å². The van der Waals surface area contributed by atoms with Gasteiger partial charge in [0.15, 0.2) is 0 Å². The van der Waals surface area contributed by atoms with E-state index in [0.717, 1.165) is 19.3 Å². The molecule has 10 heavy (non-hydrogen) atoms. The summed E-state index contributed by atoms with van der Waals surface area (Å²) in [4.78, 5) is 10.9. The summed E-state index contributed by atoms with van der Waals surface area (Å²) >= 11 is 0. The Morgan fingerprint density at radius 3 is 3.10 bits per heavy atom. The zero-order valence-electron chi connectivity index (χ0n) is 5.97. The van der Waals surface area contributed by atoms with E-state index >= 15 is 0 Å². The fourth-order valence-corrected chi connectivity index (χ4v) is 2.34. The SMILES string of the molecule is O=C1CC2CCCC2(O)C1. The molecule has 2 aliphatic rings. The van der Waals surface area contributed by atoms with Gasteiger partial charge in [0.05, 0.1) is 5.60 Å². The molecule has 0 aromatic heterocycles. The van der Waals surface area contributed by atoms with Crippen LogP contribution in [0.5, 0.6) is 0 Å². The molecule has 0 radical (unpaired) electrons. The summed E-state index contributed by atoms with van der Waals surface area (Å²) in [6.07, 6.45) is 4.08. The van der Waals surface area contributed by atoms with Crippen molar-refractivity contribution in [2.24, 2.45) is 5.92 Å². The predicted octanol–water partition coefficient (Wildman–Crippen LogP) is 0.881. The summed E-state index contributed by atoms with van der Waals surface area (Å²) in [5, 5.41) is 9.78. The van der Waals surface area contributed by atoms with Gasteiger partial charge < -0.3 is 5.11 Å². The number of hydrogen-bond donors (Lipinski definition) is 1. The minimum Gasteiger partial charge on any atom is -0.389 e. The highest BCUT2D eigenvalue weighted by molar-refractivity contribution is 5.82. The molecule has 0 bridgehead atoms. The van der Waals surface area contributed by atoms with Gasteiger partial charge in [0, 0.05) is 12.8 Å². The summed E-state index contributed by atoms with van der Waals surface area (Å²) < 4.78 is 0. The van der Waals surface area contributed by atoms with Crippen molar-refractivity contribution in [2.45, 2.75) is 37.7 Å². The molecule has 0 spiro atoms. The van der Waals surface area contributed by atoms with Crippen molar-refractivity contribution >= 4 is 5.78 Å². The second-order valence-corrected chi connectivity index (χ2v) is 3.61. The van der Waals surface area contributed by atoms with E-state index in [2.05, 4.69) is 0 Å². The second-order valence-electron chi connectivity index (χ2n) is 3.61. The van der Waals surface area contributed by atoms with Crippen LogP contribution < -0.4 is 0 Å². The Bertz CT molecular complexity index is 176. The third-order valence-electron chi connectivity index (χ3n) is 2.90. The topological polar surface area (TPSA) is 37.3 Å². The molecule has 1 N–H and O–H groups in total. The third-order valence-corrected chi connectivity index (χ3v) is 2.90. The van der Waals surface area contributed by atoms with Gasteiger partial charge in [-0.2, -0.15) is 0 Å². The average molecular weight is 140 g/mol. The largest absolute Gasteiger partial charge is 0.389 e. The molecule has 2 atom stereocenters. The Labute approximate surface area is 60.2 Å². The number of carbonyl (C=O) groups is 1. The van der Waals surface area contributed by atoms with Crippen molar-refractivity contribution in [1.82, 2.24) is 0 Å². The number of carbonyl (C=O) groups excluding carboxylic acids is 1. The Morgan fingerprint density at radius 2 is 2.40 bits per heavy atom. The summed E-state index contributed by atoms with van der Waals surface area (Å²) in [6, 6.07) is 0. The van der Waals surface area contributed by atoms with Gasteiger partial charge >= 0.3 is 0 Å². The fourth-order valence-electron chi connectivity index (χ4n) is 2.34. The van der Waals surface area contributed by atoms with Gasteiger partial charge in [-0.15, -0.1) is 0 Å². The normalized spacial score (nSPS) is 46.1. The highest BCUT2D eigenvalue weighted by Gasteiger charge is 2.48. The molecule has 0 amide bonds. The number of fused-ring (bicyclic) bond motifs is 1. The number of ketones is 1. The van der Waals surface area contributed by atoms with Crippen LogP contribution in [-0.4, -0.2) is 16.5 Å². The Morgan fingerprint density at radius 1 is 1.60 bits per heavy atom. The first-order valence-electron chi connectivity index (χ1n) is 3.95. The van der Waals surface area contributed by atoms with E-state index < -0.39 is 5.60 Å². The van der Waals surface area contributed by atoms with Crippen LogP contribution in [0.1, 0.15) is 32.1 Å². The number of rotatable bonds is 0. The maximum absolute atomic E-state index is 10.9. The van der Waals surface area contributed by atoms with Crippen molar-refractivity contribution in [1.29, 1.82) is 0 Å². The van der Waals surface area contributed by atoms with Crippen molar-refractivity contribution in [3.8, 4) is 0 Å². The van der Waals surface area contributed by atoms with E-state index in [4.69, 9.17) is 0 Å². The maximum atomic E-state index is 10.9. The molecule has 56 valence electrons. The van der Waals surface area contributed by atoms with E-state index in [-0.39, 0.29) is 5.78 Å². The minimum atomic E-state index is -0.572. The van der Waals surface area contributed by atoms with Crippen LogP contribution in [0.4, 0.5) is 0 Å². The van der Waals surface area contributed by atoms with E-state index in [0.29, 0.717) is 18.8 Å². The van der Waals surface area contributed by atoms with Gasteiger partial charge in [0.25, 0.3) is 0 Å². The lowest BCUT2D eigenvalue weighted by atomic mass is 9.95. The van der Waals surface area contributed by atoms with E-state index in [1.165, 1.54) is 0 Å². The van der Waals surface area contributed by atoms with Crippen molar-refractivity contribution in [2.75, 3.05) is 0 Å². The predicted molar refractivity (Wildman–Crippen MR) is 36.5 cm³/mol. The van der Waals surface area contributed by atoms with E-state index in [9.17, 15) is 9.90 Å². The highest BCUT2D eigenvalue weighted by Crippen LogP contribution is 2.45. The quantitative estimate of drug-likeness (QED) is 0.542. The van der Waals surface area contributed by atoms with Crippen LogP contribution in [-0.2, 0) is 4.79 Å². The molecule has 2 aliphatic carbocycles. The summed E-state index contributed by atoms with van der Waals surface area (Å²) in [7, 11) is 0. The number of aliphatic hydroxyl groups is 1. The molecule has 0 heterocycles. The van der Waals surface area contributed by atoms with Crippen LogP contribution in [0.3, 0.4) is 0 Å². The van der Waals surface area contributed by atoms with Crippen LogP contribution >= 0.6 is 0 Å². The molecular weight excluding hydrogens is 128 g/mol. The lowest BCUT2D eigenvalue weighted by Gasteiger charge is -2.19. The zero-order chi connectivity index (χ0) is 7.19. The highest BCUT2D eigenvalue weighted by atomic mass is 16.3. The lowest BCUT2D eigenvalue weighted by molar-refractivity contribution is -0.118. The standard InChI is InChI=1S/C8H12O2/c9-7-4-6-2-1-3-8(6,10)5-7/h6,10H,1-5H2. The first kappa shape index (κ1) is 6.35. The molecule has 2 nitrogen and oxygen atoms in total. The average Bonchev–Trinajstić information content (AvgIpc) is 2.20. The maximum Gasteiger partial charge on any atom is 0.136 e. The molecule has 2 heteroatoms. The molecule has 0 aliphatic heterocycles. The van der Waals surface area contributed by atoms with Gasteiger partial charge in [-0.1, -0.05) is 6.42 Å².